The van der Waals surface area contributed by atoms with Gasteiger partial charge in [-0.2, -0.15) is 0 Å². The molecule has 1 aliphatic rings. The summed E-state index contributed by atoms with van der Waals surface area (Å²) in [6, 6.07) is 11.8. The fourth-order valence-electron chi connectivity index (χ4n) is 3.06. The number of rotatable bonds is 5. The largest absolute Gasteiger partial charge is 0.326 e. The standard InChI is InChI=1S/C19H20N2O4S/c1-3-14-8-6-7-13(2)18(14)20-17(22)11-12-21-19(23)15-9-4-5-10-16(15)26(21,24)25/h4-10H,3,11-12H2,1-2H3,(H,20,22). The third-order valence-electron chi connectivity index (χ3n) is 4.46. The van der Waals surface area contributed by atoms with Crippen molar-refractivity contribution >= 4 is 27.5 Å². The molecule has 7 heteroatoms. The van der Waals surface area contributed by atoms with Crippen molar-refractivity contribution in [3.05, 3.63) is 59.2 Å². The lowest BCUT2D eigenvalue weighted by Crippen LogP contribution is -2.33. The van der Waals surface area contributed by atoms with Crippen molar-refractivity contribution in [3.63, 3.8) is 0 Å². The van der Waals surface area contributed by atoms with Crippen molar-refractivity contribution in [1.29, 1.82) is 0 Å². The lowest BCUT2D eigenvalue weighted by molar-refractivity contribution is -0.116. The topological polar surface area (TPSA) is 83.6 Å². The van der Waals surface area contributed by atoms with E-state index in [9.17, 15) is 18.0 Å². The summed E-state index contributed by atoms with van der Waals surface area (Å²) in [5.74, 6) is -0.911. The molecule has 0 aliphatic carbocycles. The van der Waals surface area contributed by atoms with Crippen molar-refractivity contribution in [2.45, 2.75) is 31.6 Å². The number of carbonyl (C=O) groups excluding carboxylic acids is 2. The molecule has 1 N–H and O–H groups in total. The maximum absolute atomic E-state index is 12.5. The van der Waals surface area contributed by atoms with Crippen LogP contribution in [0.2, 0.25) is 0 Å². The Labute approximate surface area is 152 Å². The molecule has 0 aromatic heterocycles. The van der Waals surface area contributed by atoms with E-state index >= 15 is 0 Å². The van der Waals surface area contributed by atoms with Gasteiger partial charge in [-0.15, -0.1) is 0 Å². The fourth-order valence-corrected chi connectivity index (χ4v) is 4.63. The number of carbonyl (C=O) groups is 2. The smallest absolute Gasteiger partial charge is 0.269 e. The molecule has 136 valence electrons. The minimum Gasteiger partial charge on any atom is -0.326 e. The third kappa shape index (κ3) is 3.10. The van der Waals surface area contributed by atoms with Gasteiger partial charge in [-0.05, 0) is 36.6 Å². The van der Waals surface area contributed by atoms with Crippen molar-refractivity contribution in [2.24, 2.45) is 0 Å². The van der Waals surface area contributed by atoms with Gasteiger partial charge in [0.2, 0.25) is 5.91 Å². The van der Waals surface area contributed by atoms with E-state index in [1.54, 1.807) is 12.1 Å². The van der Waals surface area contributed by atoms with Gasteiger partial charge in [0, 0.05) is 18.7 Å². The molecule has 0 saturated heterocycles. The Hall–Kier alpha value is -2.67. The molecule has 1 aliphatic heterocycles. The third-order valence-corrected chi connectivity index (χ3v) is 6.30. The van der Waals surface area contributed by atoms with Crippen LogP contribution in [-0.2, 0) is 21.2 Å². The van der Waals surface area contributed by atoms with Crippen LogP contribution in [0.3, 0.4) is 0 Å². The maximum atomic E-state index is 12.5. The molecule has 2 aromatic rings. The van der Waals surface area contributed by atoms with E-state index in [2.05, 4.69) is 5.32 Å². The molecular formula is C19H20N2O4S. The molecule has 0 spiro atoms. The number of amides is 2. The molecule has 0 atom stereocenters. The zero-order chi connectivity index (χ0) is 18.9. The van der Waals surface area contributed by atoms with Crippen molar-refractivity contribution in [3.8, 4) is 0 Å². The van der Waals surface area contributed by atoms with E-state index in [4.69, 9.17) is 0 Å². The van der Waals surface area contributed by atoms with Gasteiger partial charge in [-0.25, -0.2) is 12.7 Å². The number of fused-ring (bicyclic) bond motifs is 1. The van der Waals surface area contributed by atoms with Crippen LogP contribution in [0.1, 0.15) is 34.8 Å². The molecule has 26 heavy (non-hydrogen) atoms. The lowest BCUT2D eigenvalue weighted by Gasteiger charge is -2.16. The Morgan fingerprint density at radius 1 is 1.12 bits per heavy atom. The number of aryl methyl sites for hydroxylation is 2. The van der Waals surface area contributed by atoms with Crippen LogP contribution in [0.25, 0.3) is 0 Å². The van der Waals surface area contributed by atoms with E-state index < -0.39 is 15.9 Å². The molecule has 0 unspecified atom stereocenters. The zero-order valence-corrected chi connectivity index (χ0v) is 15.5. The first kappa shape index (κ1) is 18.1. The first-order valence-corrected chi connectivity index (χ1v) is 9.84. The molecule has 0 bridgehead atoms. The summed E-state index contributed by atoms with van der Waals surface area (Å²) in [4.78, 5) is 24.7. The van der Waals surface area contributed by atoms with Crippen LogP contribution in [0.15, 0.2) is 47.4 Å². The Morgan fingerprint density at radius 2 is 1.85 bits per heavy atom. The monoisotopic (exact) mass is 372 g/mol. The number of anilines is 1. The average Bonchev–Trinajstić information content (AvgIpc) is 2.81. The lowest BCUT2D eigenvalue weighted by atomic mass is 10.1. The van der Waals surface area contributed by atoms with Crippen LogP contribution < -0.4 is 5.32 Å². The second-order valence-electron chi connectivity index (χ2n) is 6.14. The van der Waals surface area contributed by atoms with E-state index in [-0.39, 0.29) is 29.3 Å². The molecule has 2 amide bonds. The van der Waals surface area contributed by atoms with Gasteiger partial charge in [0.1, 0.15) is 4.90 Å². The highest BCUT2D eigenvalue weighted by molar-refractivity contribution is 7.90. The highest BCUT2D eigenvalue weighted by atomic mass is 32.2. The summed E-state index contributed by atoms with van der Waals surface area (Å²) in [7, 11) is -3.88. The molecule has 0 fully saturated rings. The normalized spacial score (nSPS) is 15.0. The summed E-state index contributed by atoms with van der Waals surface area (Å²) in [5.41, 5.74) is 2.85. The first-order chi connectivity index (χ1) is 12.4. The second-order valence-corrected chi connectivity index (χ2v) is 7.97. The van der Waals surface area contributed by atoms with Crippen molar-refractivity contribution in [1.82, 2.24) is 4.31 Å². The molecule has 0 saturated carbocycles. The second kappa shape index (κ2) is 6.92. The van der Waals surface area contributed by atoms with Gasteiger partial charge in [-0.3, -0.25) is 9.59 Å². The van der Waals surface area contributed by atoms with E-state index in [0.29, 0.717) is 0 Å². The van der Waals surface area contributed by atoms with Crippen LogP contribution in [0, 0.1) is 6.92 Å². The van der Waals surface area contributed by atoms with Gasteiger partial charge >= 0.3 is 0 Å². The Bertz CT molecular complexity index is 983. The first-order valence-electron chi connectivity index (χ1n) is 8.40. The number of hydrogen-bond donors (Lipinski definition) is 1. The summed E-state index contributed by atoms with van der Waals surface area (Å²) in [6.07, 6.45) is 0.669. The zero-order valence-electron chi connectivity index (χ0n) is 14.7. The predicted octanol–water partition coefficient (Wildman–Crippen LogP) is 2.73. The van der Waals surface area contributed by atoms with E-state index in [0.717, 1.165) is 27.5 Å². The van der Waals surface area contributed by atoms with Gasteiger partial charge in [-0.1, -0.05) is 37.3 Å². The Morgan fingerprint density at radius 3 is 2.54 bits per heavy atom. The molecule has 2 aromatic carbocycles. The summed E-state index contributed by atoms with van der Waals surface area (Å²) in [6.45, 7) is 3.71. The fraction of sp³-hybridized carbons (Fsp3) is 0.263. The van der Waals surface area contributed by atoms with Crippen LogP contribution in [0.5, 0.6) is 0 Å². The van der Waals surface area contributed by atoms with Gasteiger partial charge in [0.15, 0.2) is 0 Å². The maximum Gasteiger partial charge on any atom is 0.269 e. The summed E-state index contributed by atoms with van der Waals surface area (Å²) in [5, 5.41) is 2.85. The van der Waals surface area contributed by atoms with Gasteiger partial charge < -0.3 is 5.32 Å². The number of nitrogens with one attached hydrogen (secondary N) is 1. The molecule has 0 radical (unpaired) electrons. The Kier molecular flexibility index (Phi) is 4.82. The number of para-hydroxylation sites is 1. The minimum atomic E-state index is -3.88. The van der Waals surface area contributed by atoms with E-state index in [1.165, 1.54) is 12.1 Å². The summed E-state index contributed by atoms with van der Waals surface area (Å²) >= 11 is 0. The highest BCUT2D eigenvalue weighted by Crippen LogP contribution is 2.30. The predicted molar refractivity (Wildman–Crippen MR) is 98.5 cm³/mol. The van der Waals surface area contributed by atoms with Crippen LogP contribution in [0.4, 0.5) is 5.69 Å². The quantitative estimate of drug-likeness (QED) is 0.875. The molecule has 1 heterocycles. The van der Waals surface area contributed by atoms with Crippen molar-refractivity contribution < 1.29 is 18.0 Å². The number of sulfonamides is 1. The summed E-state index contributed by atoms with van der Waals surface area (Å²) < 4.78 is 25.8. The molecule has 3 rings (SSSR count). The van der Waals surface area contributed by atoms with Crippen molar-refractivity contribution in [2.75, 3.05) is 11.9 Å². The highest BCUT2D eigenvalue weighted by Gasteiger charge is 2.40. The van der Waals surface area contributed by atoms with Gasteiger partial charge in [0.25, 0.3) is 15.9 Å². The number of nitrogens with zero attached hydrogens (tertiary/aromatic N) is 1. The SMILES string of the molecule is CCc1cccc(C)c1NC(=O)CCN1C(=O)c2ccccc2S1(=O)=O. The molecule has 6 nitrogen and oxygen atoms in total. The van der Waals surface area contributed by atoms with Crippen LogP contribution in [-0.4, -0.2) is 31.1 Å². The average molecular weight is 372 g/mol. The molecular weight excluding hydrogens is 352 g/mol. The van der Waals surface area contributed by atoms with E-state index in [1.807, 2.05) is 32.0 Å². The minimum absolute atomic E-state index is 0.00224. The number of hydrogen-bond acceptors (Lipinski definition) is 4. The Balaban J connectivity index is 1.73. The van der Waals surface area contributed by atoms with Crippen LogP contribution >= 0.6 is 0 Å². The number of benzene rings is 2. The van der Waals surface area contributed by atoms with Gasteiger partial charge in [0.05, 0.1) is 5.56 Å².